The molecule has 2 heteroatoms. The van der Waals surface area contributed by atoms with Gasteiger partial charge in [0.05, 0.1) is 12.6 Å². The van der Waals surface area contributed by atoms with Gasteiger partial charge in [-0.1, -0.05) is 30.4 Å². The zero-order valence-electron chi connectivity index (χ0n) is 10.1. The summed E-state index contributed by atoms with van der Waals surface area (Å²) in [5, 5.41) is 0. The smallest absolute Gasteiger partial charge is 0.109 e. The molecule has 3 aliphatic rings. The van der Waals surface area contributed by atoms with Crippen molar-refractivity contribution in [1.82, 2.24) is 0 Å². The third-order valence-corrected chi connectivity index (χ3v) is 4.51. The average Bonchev–Trinajstić information content (AvgIpc) is 2.95. The van der Waals surface area contributed by atoms with Crippen LogP contribution in [0.1, 0.15) is 12.0 Å². The van der Waals surface area contributed by atoms with E-state index in [0.29, 0.717) is 12.0 Å². The zero-order chi connectivity index (χ0) is 11.5. The van der Waals surface area contributed by atoms with Crippen molar-refractivity contribution in [3.05, 3.63) is 42.0 Å². The van der Waals surface area contributed by atoms with Gasteiger partial charge < -0.3 is 9.64 Å². The van der Waals surface area contributed by atoms with Gasteiger partial charge in [0.1, 0.15) is 5.60 Å². The van der Waals surface area contributed by atoms with Crippen LogP contribution in [0.2, 0.25) is 0 Å². The van der Waals surface area contributed by atoms with Crippen LogP contribution in [0.25, 0.3) is 0 Å². The molecule has 4 rings (SSSR count). The highest BCUT2D eigenvalue weighted by Gasteiger charge is 2.55. The lowest BCUT2D eigenvalue weighted by Crippen LogP contribution is -2.33. The van der Waals surface area contributed by atoms with Crippen LogP contribution >= 0.6 is 0 Å². The Bertz CT molecular complexity index is 495. The quantitative estimate of drug-likeness (QED) is 0.684. The summed E-state index contributed by atoms with van der Waals surface area (Å²) >= 11 is 0. The van der Waals surface area contributed by atoms with Gasteiger partial charge in [0.2, 0.25) is 0 Å². The van der Waals surface area contributed by atoms with E-state index in [1.807, 2.05) is 0 Å². The Labute approximate surface area is 102 Å². The molecule has 2 fully saturated rings. The second kappa shape index (κ2) is 3.14. The van der Waals surface area contributed by atoms with Gasteiger partial charge in [0.15, 0.2) is 0 Å². The van der Waals surface area contributed by atoms with Crippen LogP contribution in [0, 0.1) is 12.8 Å². The number of hydrogen-bond acceptors (Lipinski definition) is 2. The monoisotopic (exact) mass is 227 g/mol. The minimum Gasteiger partial charge on any atom is -0.368 e. The van der Waals surface area contributed by atoms with Crippen molar-refractivity contribution >= 4 is 5.69 Å². The average molecular weight is 227 g/mol. The predicted octanol–water partition coefficient (Wildman–Crippen LogP) is 2.53. The molecule has 1 aromatic rings. The molecule has 1 aromatic carbocycles. The second-order valence-electron chi connectivity index (χ2n) is 5.57. The summed E-state index contributed by atoms with van der Waals surface area (Å²) in [4.78, 5) is 2.49. The topological polar surface area (TPSA) is 12.5 Å². The first-order valence-corrected chi connectivity index (χ1v) is 6.45. The lowest BCUT2D eigenvalue weighted by atomic mass is 9.86. The number of nitrogens with zero attached hydrogens (tertiary/aromatic N) is 1. The van der Waals surface area contributed by atoms with E-state index in [4.69, 9.17) is 4.74 Å². The fourth-order valence-electron chi connectivity index (χ4n) is 3.65. The summed E-state index contributed by atoms with van der Waals surface area (Å²) in [5.74, 6) is 0.692. The van der Waals surface area contributed by atoms with Crippen LogP contribution < -0.4 is 4.90 Å². The molecule has 0 radical (unpaired) electrons. The van der Waals surface area contributed by atoms with Crippen molar-refractivity contribution in [2.75, 3.05) is 18.0 Å². The van der Waals surface area contributed by atoms with Crippen molar-refractivity contribution in [3.63, 3.8) is 0 Å². The Morgan fingerprint density at radius 2 is 2.24 bits per heavy atom. The van der Waals surface area contributed by atoms with Gasteiger partial charge in [0, 0.05) is 18.2 Å². The van der Waals surface area contributed by atoms with Crippen molar-refractivity contribution < 1.29 is 4.74 Å². The molecule has 0 aromatic heterocycles. The number of aryl methyl sites for hydroxylation is 1. The predicted molar refractivity (Wildman–Crippen MR) is 68.2 cm³/mol. The standard InChI is InChI=1S/C15H17NO/c1-11-4-2-3-5-14(11)16-9-12-8-13-6-7-15(12,10-16)17-13/h2-7,12-13H,8-10H2,1H3/t12-,13+,15+/m1/s1. The second-order valence-corrected chi connectivity index (χ2v) is 5.57. The highest BCUT2D eigenvalue weighted by atomic mass is 16.5. The first-order valence-electron chi connectivity index (χ1n) is 6.45. The molecule has 1 spiro atoms. The molecule has 3 aliphatic heterocycles. The molecule has 2 saturated heterocycles. The maximum atomic E-state index is 6.12. The zero-order valence-corrected chi connectivity index (χ0v) is 10.1. The molecule has 0 saturated carbocycles. The lowest BCUT2D eigenvalue weighted by Gasteiger charge is -2.24. The number of rotatable bonds is 1. The summed E-state index contributed by atoms with van der Waals surface area (Å²) in [6.07, 6.45) is 6.17. The fourth-order valence-corrected chi connectivity index (χ4v) is 3.65. The maximum absolute atomic E-state index is 6.12. The van der Waals surface area contributed by atoms with E-state index in [-0.39, 0.29) is 5.60 Å². The van der Waals surface area contributed by atoms with Gasteiger partial charge in [-0.3, -0.25) is 0 Å². The van der Waals surface area contributed by atoms with Crippen LogP contribution in [0.4, 0.5) is 5.69 Å². The van der Waals surface area contributed by atoms with Crippen molar-refractivity contribution in [2.24, 2.45) is 5.92 Å². The molecule has 0 N–H and O–H groups in total. The third-order valence-electron chi connectivity index (χ3n) is 4.51. The summed E-state index contributed by atoms with van der Waals surface area (Å²) in [6, 6.07) is 8.65. The summed E-state index contributed by atoms with van der Waals surface area (Å²) in [6.45, 7) is 4.36. The third kappa shape index (κ3) is 1.25. The summed E-state index contributed by atoms with van der Waals surface area (Å²) < 4.78 is 6.12. The Morgan fingerprint density at radius 3 is 3.00 bits per heavy atom. The Kier molecular flexibility index (Phi) is 1.79. The largest absolute Gasteiger partial charge is 0.368 e. The Hall–Kier alpha value is -1.28. The molecule has 2 nitrogen and oxygen atoms in total. The van der Waals surface area contributed by atoms with Crippen LogP contribution in [-0.2, 0) is 4.74 Å². The molecule has 2 bridgehead atoms. The van der Waals surface area contributed by atoms with Gasteiger partial charge in [0.25, 0.3) is 0 Å². The maximum Gasteiger partial charge on any atom is 0.109 e. The summed E-state index contributed by atoms with van der Waals surface area (Å²) in [7, 11) is 0. The molecule has 3 heterocycles. The highest BCUT2D eigenvalue weighted by molar-refractivity contribution is 5.55. The van der Waals surface area contributed by atoms with E-state index in [2.05, 4.69) is 48.2 Å². The number of hydrogen-bond donors (Lipinski definition) is 0. The van der Waals surface area contributed by atoms with E-state index in [9.17, 15) is 0 Å². The van der Waals surface area contributed by atoms with E-state index >= 15 is 0 Å². The summed E-state index contributed by atoms with van der Waals surface area (Å²) in [5.41, 5.74) is 2.77. The lowest BCUT2D eigenvalue weighted by molar-refractivity contribution is 0.0351. The van der Waals surface area contributed by atoms with Gasteiger partial charge in [-0.05, 0) is 25.0 Å². The molecule has 0 unspecified atom stereocenters. The normalized spacial score (nSPS) is 37.8. The highest BCUT2D eigenvalue weighted by Crippen LogP contribution is 2.48. The van der Waals surface area contributed by atoms with Crippen molar-refractivity contribution in [2.45, 2.75) is 25.0 Å². The van der Waals surface area contributed by atoms with Gasteiger partial charge in [-0.2, -0.15) is 0 Å². The molecule has 0 amide bonds. The minimum atomic E-state index is 0.0347. The first-order chi connectivity index (χ1) is 8.27. The van der Waals surface area contributed by atoms with Crippen molar-refractivity contribution in [1.29, 1.82) is 0 Å². The Morgan fingerprint density at radius 1 is 1.35 bits per heavy atom. The van der Waals surface area contributed by atoms with Crippen LogP contribution in [-0.4, -0.2) is 24.8 Å². The van der Waals surface area contributed by atoms with Crippen LogP contribution in [0.3, 0.4) is 0 Å². The number of benzene rings is 1. The molecule has 0 aliphatic carbocycles. The number of para-hydroxylation sites is 1. The molecular weight excluding hydrogens is 210 g/mol. The molecule has 88 valence electrons. The number of ether oxygens (including phenoxy) is 1. The Balaban J connectivity index is 1.68. The van der Waals surface area contributed by atoms with Crippen molar-refractivity contribution in [3.8, 4) is 0 Å². The molecule has 17 heavy (non-hydrogen) atoms. The van der Waals surface area contributed by atoms with Gasteiger partial charge >= 0.3 is 0 Å². The first kappa shape index (κ1) is 9.72. The van der Waals surface area contributed by atoms with Gasteiger partial charge in [-0.15, -0.1) is 0 Å². The van der Waals surface area contributed by atoms with E-state index in [1.54, 1.807) is 0 Å². The van der Waals surface area contributed by atoms with E-state index in [0.717, 1.165) is 13.1 Å². The minimum absolute atomic E-state index is 0.0347. The van der Waals surface area contributed by atoms with Crippen LogP contribution in [0.15, 0.2) is 36.4 Å². The number of anilines is 1. The van der Waals surface area contributed by atoms with Gasteiger partial charge in [-0.25, -0.2) is 0 Å². The van der Waals surface area contributed by atoms with Crippen LogP contribution in [0.5, 0.6) is 0 Å². The molecule has 3 atom stereocenters. The number of fused-ring (bicyclic) bond motifs is 1. The van der Waals surface area contributed by atoms with E-state index < -0.39 is 0 Å². The SMILES string of the molecule is Cc1ccccc1N1C[C@H]2C[C@@H]3C=C[C@@]2(C1)O3. The van der Waals surface area contributed by atoms with E-state index in [1.165, 1.54) is 17.7 Å². The fraction of sp³-hybridized carbons (Fsp3) is 0.467. The molecular formula is C15H17NO.